The molecule has 2 unspecified atom stereocenters. The summed E-state index contributed by atoms with van der Waals surface area (Å²) in [5.41, 5.74) is 5.40. The molecule has 71 heavy (non-hydrogen) atoms. The van der Waals surface area contributed by atoms with Gasteiger partial charge in [-0.15, -0.1) is 0 Å². The van der Waals surface area contributed by atoms with Gasteiger partial charge >= 0.3 is 0 Å². The van der Waals surface area contributed by atoms with Crippen LogP contribution in [0.2, 0.25) is 0 Å². The number of likely N-dealkylation sites (tertiary alicyclic amines) is 1. The molecule has 8 heterocycles. The fourth-order valence-corrected chi connectivity index (χ4v) is 11.6. The molecule has 4 fully saturated rings. The Labute approximate surface area is 413 Å². The van der Waals surface area contributed by atoms with Crippen molar-refractivity contribution in [3.8, 4) is 0 Å². The Morgan fingerprint density at radius 1 is 0.915 bits per heavy atom. The first-order valence-electron chi connectivity index (χ1n) is 25.0. The number of fused-ring (bicyclic) bond motifs is 3. The van der Waals surface area contributed by atoms with E-state index in [4.69, 9.17) is 5.10 Å². The number of piperazine rings is 1. The van der Waals surface area contributed by atoms with Crippen LogP contribution in [0.15, 0.2) is 70.6 Å². The molecule has 4 aromatic rings. The number of nitrogens with zero attached hydrogens (tertiary/aromatic N) is 12. The number of aliphatic imine (C=N–C) groups is 1. The summed E-state index contributed by atoms with van der Waals surface area (Å²) in [6.45, 7) is 21.6. The normalized spacial score (nSPS) is 23.2. The van der Waals surface area contributed by atoms with Crippen molar-refractivity contribution in [1.82, 2.24) is 55.3 Å². The van der Waals surface area contributed by atoms with E-state index in [0.29, 0.717) is 40.2 Å². The zero-order chi connectivity index (χ0) is 49.7. The third-order valence-electron chi connectivity index (χ3n) is 15.8. The Balaban J connectivity index is 0.681. The van der Waals surface area contributed by atoms with Crippen LogP contribution in [0.5, 0.6) is 0 Å². The van der Waals surface area contributed by atoms with Crippen molar-refractivity contribution in [2.45, 2.75) is 84.0 Å². The lowest BCUT2D eigenvalue weighted by Gasteiger charge is -2.41. The van der Waals surface area contributed by atoms with Crippen LogP contribution < -0.4 is 20.4 Å². The molecule has 0 bridgehead atoms. The van der Waals surface area contributed by atoms with Crippen molar-refractivity contribution in [1.29, 1.82) is 0 Å². The Kier molecular flexibility index (Phi) is 13.1. The van der Waals surface area contributed by atoms with Gasteiger partial charge in [-0.2, -0.15) is 5.10 Å². The minimum absolute atomic E-state index is 0.159. The summed E-state index contributed by atoms with van der Waals surface area (Å²) in [5, 5.41) is 37.0. The van der Waals surface area contributed by atoms with Gasteiger partial charge in [0, 0.05) is 93.9 Å². The highest BCUT2D eigenvalue weighted by molar-refractivity contribution is 6.22. The van der Waals surface area contributed by atoms with Crippen molar-refractivity contribution in [3.63, 3.8) is 0 Å². The predicted molar refractivity (Wildman–Crippen MR) is 270 cm³/mol. The third-order valence-corrected chi connectivity index (χ3v) is 15.8. The van der Waals surface area contributed by atoms with Crippen molar-refractivity contribution in [2.24, 2.45) is 16.8 Å². The van der Waals surface area contributed by atoms with Gasteiger partial charge in [0.1, 0.15) is 12.0 Å². The smallest absolute Gasteiger partial charge is 0.262 e. The van der Waals surface area contributed by atoms with E-state index in [1.807, 2.05) is 76.1 Å². The summed E-state index contributed by atoms with van der Waals surface area (Å²) < 4.78 is 1.67. The maximum absolute atomic E-state index is 13.9. The van der Waals surface area contributed by atoms with Crippen molar-refractivity contribution in [3.05, 3.63) is 82.5 Å². The minimum atomic E-state index is -1.27. The number of anilines is 3. The van der Waals surface area contributed by atoms with Gasteiger partial charge in [-0.3, -0.25) is 34.1 Å². The molecule has 4 N–H and O–H groups in total. The van der Waals surface area contributed by atoms with Crippen LogP contribution in [0.4, 0.5) is 17.3 Å². The van der Waals surface area contributed by atoms with Gasteiger partial charge in [-0.05, 0) is 144 Å². The molecule has 20 nitrogen and oxygen atoms in total. The highest BCUT2D eigenvalue weighted by Crippen LogP contribution is 2.38. The number of aromatic nitrogens is 6. The third kappa shape index (κ3) is 9.12. The van der Waals surface area contributed by atoms with E-state index in [0.717, 1.165) is 123 Å². The fourth-order valence-electron chi connectivity index (χ4n) is 11.6. The van der Waals surface area contributed by atoms with Gasteiger partial charge in [0.2, 0.25) is 11.9 Å². The van der Waals surface area contributed by atoms with Crippen LogP contribution in [0, 0.1) is 11.8 Å². The van der Waals surface area contributed by atoms with Gasteiger partial charge in [0.05, 0.1) is 39.5 Å². The highest BCUT2D eigenvalue weighted by Gasteiger charge is 2.45. The lowest BCUT2D eigenvalue weighted by Crippen LogP contribution is -2.57. The minimum Gasteiger partial charge on any atom is -0.372 e. The van der Waals surface area contributed by atoms with E-state index < -0.39 is 29.6 Å². The first-order valence-corrected chi connectivity index (χ1v) is 25.0. The molecule has 2 aromatic heterocycles. The number of aliphatic hydroxyl groups is 1. The Morgan fingerprint density at radius 3 is 2.30 bits per heavy atom. The number of nitrogens with one attached hydrogen (secondary N) is 3. The summed E-state index contributed by atoms with van der Waals surface area (Å²) in [7, 11) is 1.85. The number of carbonyl (C=O) groups excluding carboxylic acids is 4. The molecule has 0 aliphatic carbocycles. The van der Waals surface area contributed by atoms with Gasteiger partial charge in [0.15, 0.2) is 0 Å². The molecule has 4 amide bonds. The SMILES string of the molecule is C=N/C(=C\C(=C/C)c1n[nH]c2ccc(NC(=O)C3=C(C)N(C)c4nnnn4C3(C)C)cc12)N1CCN(CC2CCN(CC3CCN(c4ccc5c(c4)C(=O)N(C4CCC(=O)NC4O)C5=O)CC3)CC2)CC1. The topological polar surface area (TPSA) is 217 Å². The molecular formula is C51H65N15O5. The van der Waals surface area contributed by atoms with Crippen LogP contribution >= 0.6 is 0 Å². The molecule has 2 aromatic carbocycles. The summed E-state index contributed by atoms with van der Waals surface area (Å²) in [5.74, 6) is 1.33. The number of hydrogen-bond acceptors (Lipinski definition) is 15. The highest BCUT2D eigenvalue weighted by atomic mass is 16.3. The maximum Gasteiger partial charge on any atom is 0.262 e. The second kappa shape index (κ2) is 19.4. The Bertz CT molecular complexity index is 2840. The van der Waals surface area contributed by atoms with Crippen molar-refractivity contribution < 1.29 is 24.3 Å². The Morgan fingerprint density at radius 2 is 1.61 bits per heavy atom. The monoisotopic (exact) mass is 968 g/mol. The Hall–Kier alpha value is -6.77. The molecular weight excluding hydrogens is 903 g/mol. The molecule has 374 valence electrons. The first kappa shape index (κ1) is 47.9. The number of rotatable bonds is 12. The molecule has 20 heteroatoms. The van der Waals surface area contributed by atoms with Gasteiger partial charge in [-0.1, -0.05) is 11.2 Å². The number of allylic oxidation sites excluding steroid dienone is 4. The van der Waals surface area contributed by atoms with Crippen LogP contribution in [0.3, 0.4) is 0 Å². The number of carbonyl (C=O) groups is 4. The summed E-state index contributed by atoms with van der Waals surface area (Å²) >= 11 is 0. The van der Waals surface area contributed by atoms with Gasteiger partial charge < -0.3 is 35.3 Å². The second-order valence-electron chi connectivity index (χ2n) is 20.5. The van der Waals surface area contributed by atoms with E-state index >= 15 is 0 Å². The average molecular weight is 968 g/mol. The molecule has 0 radical (unpaired) electrons. The second-order valence-corrected chi connectivity index (χ2v) is 20.5. The number of imide groups is 1. The van der Waals surface area contributed by atoms with E-state index in [1.165, 1.54) is 12.8 Å². The largest absolute Gasteiger partial charge is 0.372 e. The van der Waals surface area contributed by atoms with Gasteiger partial charge in [0.25, 0.3) is 17.7 Å². The molecule has 6 aliphatic rings. The average Bonchev–Trinajstić information content (AvgIpc) is 4.10. The quantitative estimate of drug-likeness (QED) is 0.0897. The molecule has 10 rings (SSSR count). The number of amides is 4. The van der Waals surface area contributed by atoms with Crippen LogP contribution in [-0.2, 0) is 15.1 Å². The standard InChI is InChI=1S/C51H65N15O5/c1-7-34(45-39-27-35(8-11-40(39)55-56-45)53-47(69)44-31(2)60(6)50-57-58-59-66(50)51(44,3)4)26-42(52-5)64-24-22-62(23-25-64)30-32-14-18-61(19-15-32)29-33-16-20-63(21-17-33)36-9-10-37-38(28-36)49(71)65(48(37)70)41-12-13-43(67)54-46(41)68/h7-11,26-28,32-33,41,46,68H,5,12-25,29-30H2,1-4,6H3,(H,53,69)(H,54,67)(H,55,56)/b34-7+,42-26+. The van der Waals surface area contributed by atoms with Crippen molar-refractivity contribution >= 4 is 64.1 Å². The zero-order valence-corrected chi connectivity index (χ0v) is 41.4. The predicted octanol–water partition coefficient (Wildman–Crippen LogP) is 4.03. The van der Waals surface area contributed by atoms with Crippen LogP contribution in [-0.4, -0.2) is 170 Å². The van der Waals surface area contributed by atoms with E-state index in [2.05, 4.69) is 68.6 Å². The van der Waals surface area contributed by atoms with Crippen LogP contribution in [0.1, 0.15) is 92.6 Å². The number of H-pyrrole nitrogens is 1. The lowest BCUT2D eigenvalue weighted by molar-refractivity contribution is -0.129. The number of hydrogen-bond donors (Lipinski definition) is 4. The zero-order valence-electron chi connectivity index (χ0n) is 41.4. The number of piperidine rings is 3. The van der Waals surface area contributed by atoms with E-state index in [1.54, 1.807) is 10.7 Å². The molecule has 0 spiro atoms. The number of benzene rings is 2. The first-order chi connectivity index (χ1) is 34.2. The maximum atomic E-state index is 13.9. The number of tetrazole rings is 1. The van der Waals surface area contributed by atoms with E-state index in [-0.39, 0.29) is 24.7 Å². The number of aromatic amines is 1. The lowest BCUT2D eigenvalue weighted by atomic mass is 9.89. The summed E-state index contributed by atoms with van der Waals surface area (Å²) in [6.07, 6.45) is 7.76. The fraction of sp³-hybridized carbons (Fsp3) is 0.510. The molecule has 6 aliphatic heterocycles. The summed E-state index contributed by atoms with van der Waals surface area (Å²) in [6, 6.07) is 10.5. The van der Waals surface area contributed by atoms with E-state index in [9.17, 15) is 24.3 Å². The molecule has 0 saturated carbocycles. The molecule has 4 saturated heterocycles. The molecule has 2 atom stereocenters. The summed E-state index contributed by atoms with van der Waals surface area (Å²) in [4.78, 5) is 69.7. The van der Waals surface area contributed by atoms with Crippen LogP contribution in [0.25, 0.3) is 16.5 Å². The van der Waals surface area contributed by atoms with Gasteiger partial charge in [-0.25, -0.2) is 9.67 Å². The number of aliphatic hydroxyl groups excluding tert-OH is 1. The van der Waals surface area contributed by atoms with Crippen molar-refractivity contribution in [2.75, 3.05) is 87.6 Å².